The molecule has 3 aliphatic rings. The number of carbonyl (C=O) groups excluding carboxylic acids is 4. The summed E-state index contributed by atoms with van der Waals surface area (Å²) >= 11 is 0. The minimum absolute atomic E-state index is 0.000484. The molecule has 0 radical (unpaired) electrons. The van der Waals surface area contributed by atoms with E-state index in [-0.39, 0.29) is 75.4 Å². The highest BCUT2D eigenvalue weighted by Gasteiger charge is 2.44. The lowest BCUT2D eigenvalue weighted by Crippen LogP contribution is -2.60. The monoisotopic (exact) mass is 850 g/mol. The highest BCUT2D eigenvalue weighted by molar-refractivity contribution is 5.70. The van der Waals surface area contributed by atoms with Crippen molar-refractivity contribution in [3.63, 3.8) is 0 Å². The van der Waals surface area contributed by atoms with E-state index >= 15 is 0 Å². The zero-order chi connectivity index (χ0) is 45.4. The van der Waals surface area contributed by atoms with E-state index in [1.807, 2.05) is 0 Å². The molecule has 0 spiro atoms. The van der Waals surface area contributed by atoms with Gasteiger partial charge in [0.2, 0.25) is 0 Å². The van der Waals surface area contributed by atoms with Crippen LogP contribution >= 0.6 is 0 Å². The summed E-state index contributed by atoms with van der Waals surface area (Å²) in [5.41, 5.74) is 0.0213. The van der Waals surface area contributed by atoms with Gasteiger partial charge in [0, 0.05) is 97.4 Å². The molecule has 11 nitrogen and oxygen atoms in total. The molecule has 3 fully saturated rings. The molecule has 0 amide bonds. The normalized spacial score (nSPS) is 22.2. The maximum absolute atomic E-state index is 12.3. The van der Waals surface area contributed by atoms with Crippen LogP contribution in [0.3, 0.4) is 0 Å². The molecule has 0 bridgehead atoms. The number of esters is 4. The van der Waals surface area contributed by atoms with Gasteiger partial charge in [-0.05, 0) is 116 Å². The van der Waals surface area contributed by atoms with E-state index in [1.165, 1.54) is 7.11 Å². The SMILES string of the molecule is CC1(C)CC(OC(=O)CCCCCCCCC(=O)OC2CC(C)(C)NC(C)(C)C2)CC(C)(C)N1.COC(=O)CCCCCCCCC(=O)OC1CC(C)(C)N(C)C(C)(C)C1. The standard InChI is InChI=1S/C28H52N2O4.C21H39NO4/c1-25(2)17-21(18-26(3,4)29-25)33-23(31)15-13-11-9-10-12-14-16-24(32)34-22-19-27(5,6)30-28(7,8)20-22;1-20(2)15-17(16-21(3,4)22(20)5)26-19(24)14-12-10-8-7-9-11-13-18(23)25-6/h21-22,29-30H,9-20H2,1-8H3;17H,7-16H2,1-6H3. The van der Waals surface area contributed by atoms with Crippen LogP contribution in [-0.4, -0.2) is 94.5 Å². The molecule has 0 aliphatic carbocycles. The van der Waals surface area contributed by atoms with E-state index in [4.69, 9.17) is 14.2 Å². The highest BCUT2D eigenvalue weighted by Crippen LogP contribution is 2.38. The lowest BCUT2D eigenvalue weighted by Gasteiger charge is -2.53. The fraction of sp³-hybridized carbons (Fsp3) is 0.918. The van der Waals surface area contributed by atoms with Gasteiger partial charge < -0.3 is 29.6 Å². The smallest absolute Gasteiger partial charge is 0.306 e. The van der Waals surface area contributed by atoms with Gasteiger partial charge in [-0.1, -0.05) is 51.4 Å². The van der Waals surface area contributed by atoms with Crippen LogP contribution in [0.4, 0.5) is 0 Å². The summed E-state index contributed by atoms with van der Waals surface area (Å²) < 4.78 is 22.0. The Bertz CT molecular complexity index is 1230. The number of nitrogens with zero attached hydrogens (tertiary/aromatic N) is 1. The summed E-state index contributed by atoms with van der Waals surface area (Å²) in [7, 11) is 3.58. The molecule has 0 aromatic carbocycles. The first-order valence-electron chi connectivity index (χ1n) is 23.6. The Morgan fingerprint density at radius 1 is 0.417 bits per heavy atom. The Morgan fingerprint density at radius 3 is 0.917 bits per heavy atom. The molecule has 0 saturated carbocycles. The van der Waals surface area contributed by atoms with Crippen LogP contribution in [0.1, 0.15) is 224 Å². The van der Waals surface area contributed by atoms with Crippen molar-refractivity contribution in [2.24, 2.45) is 0 Å². The number of nitrogens with one attached hydrogen (secondary N) is 2. The van der Waals surface area contributed by atoms with Gasteiger partial charge in [0.1, 0.15) is 18.3 Å². The van der Waals surface area contributed by atoms with Gasteiger partial charge in [0.15, 0.2) is 0 Å². The Hall–Kier alpha value is -2.24. The largest absolute Gasteiger partial charge is 0.469 e. The molecule has 3 rings (SSSR count). The second-order valence-electron chi connectivity index (χ2n) is 22.3. The molecule has 0 aromatic heterocycles. The summed E-state index contributed by atoms with van der Waals surface area (Å²) in [5.74, 6) is -0.319. The predicted molar refractivity (Wildman–Crippen MR) is 242 cm³/mol. The minimum Gasteiger partial charge on any atom is -0.469 e. The van der Waals surface area contributed by atoms with Crippen LogP contribution in [0, 0.1) is 0 Å². The van der Waals surface area contributed by atoms with Gasteiger partial charge in [0.25, 0.3) is 0 Å². The second-order valence-corrected chi connectivity index (χ2v) is 22.3. The third-order valence-corrected chi connectivity index (χ3v) is 12.7. The first-order chi connectivity index (χ1) is 27.6. The Labute approximate surface area is 366 Å². The summed E-state index contributed by atoms with van der Waals surface area (Å²) in [6.45, 7) is 26.2. The Kier molecular flexibility index (Phi) is 21.6. The van der Waals surface area contributed by atoms with Crippen molar-refractivity contribution in [3.8, 4) is 0 Å². The topological polar surface area (TPSA) is 132 Å². The average Bonchev–Trinajstić information content (AvgIpc) is 3.06. The van der Waals surface area contributed by atoms with E-state index in [0.717, 1.165) is 116 Å². The summed E-state index contributed by atoms with van der Waals surface area (Å²) in [5, 5.41) is 7.25. The molecule has 0 unspecified atom stereocenters. The molecule has 60 heavy (non-hydrogen) atoms. The predicted octanol–water partition coefficient (Wildman–Crippen LogP) is 10.3. The van der Waals surface area contributed by atoms with Crippen molar-refractivity contribution < 1.29 is 38.1 Å². The van der Waals surface area contributed by atoms with Crippen LogP contribution in [0.25, 0.3) is 0 Å². The Balaban J connectivity index is 0.000000429. The number of likely N-dealkylation sites (tertiary alicyclic amines) is 1. The molecular formula is C49H91N3O8. The summed E-state index contributed by atoms with van der Waals surface area (Å²) in [6.07, 6.45) is 19.3. The third-order valence-electron chi connectivity index (χ3n) is 12.7. The molecule has 3 aliphatic heterocycles. The fourth-order valence-corrected chi connectivity index (χ4v) is 10.3. The van der Waals surface area contributed by atoms with Crippen LogP contribution in [0.2, 0.25) is 0 Å². The number of methoxy groups -OCH3 is 1. The second kappa shape index (κ2) is 24.0. The van der Waals surface area contributed by atoms with Gasteiger partial charge in [-0.15, -0.1) is 0 Å². The van der Waals surface area contributed by atoms with Gasteiger partial charge in [-0.25, -0.2) is 0 Å². The van der Waals surface area contributed by atoms with Gasteiger partial charge >= 0.3 is 23.9 Å². The van der Waals surface area contributed by atoms with E-state index in [9.17, 15) is 19.2 Å². The maximum Gasteiger partial charge on any atom is 0.306 e. The Morgan fingerprint density at radius 2 is 0.650 bits per heavy atom. The molecule has 11 heteroatoms. The van der Waals surface area contributed by atoms with Crippen LogP contribution in [0.5, 0.6) is 0 Å². The first-order valence-corrected chi connectivity index (χ1v) is 23.6. The number of ether oxygens (including phenoxy) is 4. The number of hydrogen-bond donors (Lipinski definition) is 2. The first kappa shape index (κ1) is 53.9. The van der Waals surface area contributed by atoms with Gasteiger partial charge in [0.05, 0.1) is 7.11 Å². The minimum atomic E-state index is -0.131. The molecule has 0 aromatic rings. The van der Waals surface area contributed by atoms with Gasteiger partial charge in [-0.2, -0.15) is 0 Å². The summed E-state index contributed by atoms with van der Waals surface area (Å²) in [6, 6.07) is 0. The molecule has 350 valence electrons. The maximum atomic E-state index is 12.3. The number of rotatable bonds is 21. The molecule has 0 atom stereocenters. The molecule has 3 saturated heterocycles. The van der Waals surface area contributed by atoms with Crippen molar-refractivity contribution in [2.75, 3.05) is 14.2 Å². The average molecular weight is 850 g/mol. The zero-order valence-electron chi connectivity index (χ0n) is 41.0. The van der Waals surface area contributed by atoms with Crippen LogP contribution in [0.15, 0.2) is 0 Å². The van der Waals surface area contributed by atoms with Crippen LogP contribution in [-0.2, 0) is 38.1 Å². The van der Waals surface area contributed by atoms with Crippen molar-refractivity contribution in [1.82, 2.24) is 15.5 Å². The fourth-order valence-electron chi connectivity index (χ4n) is 10.3. The zero-order valence-corrected chi connectivity index (χ0v) is 41.0. The quantitative estimate of drug-likeness (QED) is 0.0650. The van der Waals surface area contributed by atoms with Crippen molar-refractivity contribution in [1.29, 1.82) is 0 Å². The lowest BCUT2D eigenvalue weighted by atomic mass is 9.79. The van der Waals surface area contributed by atoms with E-state index in [2.05, 4.69) is 110 Å². The molecular weight excluding hydrogens is 759 g/mol. The van der Waals surface area contributed by atoms with Crippen molar-refractivity contribution >= 4 is 23.9 Å². The third kappa shape index (κ3) is 21.7. The van der Waals surface area contributed by atoms with Crippen molar-refractivity contribution in [3.05, 3.63) is 0 Å². The molecule has 2 N–H and O–H groups in total. The lowest BCUT2D eigenvalue weighted by molar-refractivity contribution is -0.159. The highest BCUT2D eigenvalue weighted by atomic mass is 16.6. The van der Waals surface area contributed by atoms with E-state index in [1.54, 1.807) is 0 Å². The molecule has 3 heterocycles. The van der Waals surface area contributed by atoms with Crippen molar-refractivity contribution in [2.45, 2.75) is 276 Å². The van der Waals surface area contributed by atoms with E-state index in [0.29, 0.717) is 25.7 Å². The van der Waals surface area contributed by atoms with Gasteiger partial charge in [-0.3, -0.25) is 24.1 Å². The van der Waals surface area contributed by atoms with E-state index < -0.39 is 0 Å². The number of hydrogen-bond acceptors (Lipinski definition) is 11. The summed E-state index contributed by atoms with van der Waals surface area (Å²) in [4.78, 5) is 50.2. The number of piperidine rings is 3. The number of unbranched alkanes of at least 4 members (excludes halogenated alkanes) is 10. The number of carbonyl (C=O) groups is 4. The van der Waals surface area contributed by atoms with Crippen LogP contribution < -0.4 is 10.6 Å².